The fourth-order valence-corrected chi connectivity index (χ4v) is 1.71. The Morgan fingerprint density at radius 3 is 2.26 bits per heavy atom. The van der Waals surface area contributed by atoms with Crippen LogP contribution in [0.4, 0.5) is 5.69 Å². The van der Waals surface area contributed by atoms with Crippen molar-refractivity contribution in [3.05, 3.63) is 54.6 Å². The lowest BCUT2D eigenvalue weighted by Gasteiger charge is -2.10. The number of anilines is 1. The molecule has 0 saturated carbocycles. The Labute approximate surface area is 114 Å². The molecule has 100 valence electrons. The average Bonchev–Trinajstić information content (AvgIpc) is 2.42. The maximum Gasteiger partial charge on any atom is 0.127 e. The molecule has 0 fully saturated rings. The molecule has 0 heterocycles. The maximum atomic E-state index is 5.73. The molecule has 0 spiro atoms. The molecule has 0 radical (unpaired) electrons. The summed E-state index contributed by atoms with van der Waals surface area (Å²) in [7, 11) is 0. The molecular weight excluding hydrogens is 236 g/mol. The van der Waals surface area contributed by atoms with Gasteiger partial charge in [-0.15, -0.1) is 0 Å². The highest BCUT2D eigenvalue weighted by atomic mass is 16.5. The summed E-state index contributed by atoms with van der Waals surface area (Å²) >= 11 is 0. The molecule has 0 aromatic heterocycles. The van der Waals surface area contributed by atoms with Crippen molar-refractivity contribution < 1.29 is 4.74 Å². The van der Waals surface area contributed by atoms with Crippen molar-refractivity contribution in [2.75, 3.05) is 11.9 Å². The van der Waals surface area contributed by atoms with Gasteiger partial charge in [-0.25, -0.2) is 0 Å². The van der Waals surface area contributed by atoms with Crippen molar-refractivity contribution in [2.24, 2.45) is 5.73 Å². The van der Waals surface area contributed by atoms with Crippen molar-refractivity contribution >= 4 is 5.69 Å². The van der Waals surface area contributed by atoms with Crippen LogP contribution in [0, 0.1) is 0 Å². The SMILES string of the molecule is CC(N)CCNc1ccc(Oc2ccccc2)cc1. The van der Waals surface area contributed by atoms with E-state index < -0.39 is 0 Å². The van der Waals surface area contributed by atoms with E-state index in [2.05, 4.69) is 5.32 Å². The summed E-state index contributed by atoms with van der Waals surface area (Å²) in [4.78, 5) is 0. The van der Waals surface area contributed by atoms with Crippen molar-refractivity contribution in [3.8, 4) is 11.5 Å². The second kappa shape index (κ2) is 6.81. The second-order valence-corrected chi connectivity index (χ2v) is 4.63. The van der Waals surface area contributed by atoms with E-state index in [1.54, 1.807) is 0 Å². The molecule has 0 amide bonds. The molecule has 3 N–H and O–H groups in total. The number of ether oxygens (including phenoxy) is 1. The van der Waals surface area contributed by atoms with E-state index in [1.807, 2.05) is 61.5 Å². The van der Waals surface area contributed by atoms with Gasteiger partial charge >= 0.3 is 0 Å². The fraction of sp³-hybridized carbons (Fsp3) is 0.250. The minimum Gasteiger partial charge on any atom is -0.457 e. The van der Waals surface area contributed by atoms with Gasteiger partial charge in [0.05, 0.1) is 0 Å². The molecule has 2 rings (SSSR count). The molecule has 3 nitrogen and oxygen atoms in total. The van der Waals surface area contributed by atoms with Gasteiger partial charge in [-0.1, -0.05) is 18.2 Å². The number of benzene rings is 2. The molecule has 3 heteroatoms. The summed E-state index contributed by atoms with van der Waals surface area (Å²) in [6.07, 6.45) is 0.961. The van der Waals surface area contributed by atoms with Gasteiger partial charge in [0.25, 0.3) is 0 Å². The van der Waals surface area contributed by atoms with Crippen LogP contribution >= 0.6 is 0 Å². The van der Waals surface area contributed by atoms with Crippen LogP contribution in [-0.2, 0) is 0 Å². The van der Waals surface area contributed by atoms with Gasteiger partial charge < -0.3 is 15.8 Å². The number of rotatable bonds is 6. The lowest BCUT2D eigenvalue weighted by molar-refractivity contribution is 0.483. The largest absolute Gasteiger partial charge is 0.457 e. The van der Waals surface area contributed by atoms with Crippen LogP contribution in [0.15, 0.2) is 54.6 Å². The summed E-state index contributed by atoms with van der Waals surface area (Å²) in [5, 5.41) is 3.33. The van der Waals surface area contributed by atoms with Gasteiger partial charge in [0.2, 0.25) is 0 Å². The van der Waals surface area contributed by atoms with Crippen LogP contribution < -0.4 is 15.8 Å². The molecule has 19 heavy (non-hydrogen) atoms. The molecule has 0 aliphatic carbocycles. The van der Waals surface area contributed by atoms with Gasteiger partial charge in [0, 0.05) is 18.3 Å². The van der Waals surface area contributed by atoms with E-state index in [-0.39, 0.29) is 6.04 Å². The van der Waals surface area contributed by atoms with E-state index in [4.69, 9.17) is 10.5 Å². The van der Waals surface area contributed by atoms with Crippen molar-refractivity contribution in [1.82, 2.24) is 0 Å². The third kappa shape index (κ3) is 4.64. The predicted octanol–water partition coefficient (Wildman–Crippen LogP) is 3.63. The zero-order valence-electron chi connectivity index (χ0n) is 11.2. The van der Waals surface area contributed by atoms with Gasteiger partial charge in [-0.05, 0) is 49.7 Å². The van der Waals surface area contributed by atoms with E-state index in [0.717, 1.165) is 30.2 Å². The molecule has 0 bridgehead atoms. The lowest BCUT2D eigenvalue weighted by Crippen LogP contribution is -2.19. The summed E-state index contributed by atoms with van der Waals surface area (Å²) in [6.45, 7) is 2.90. The standard InChI is InChI=1S/C16H20N2O/c1-13(17)11-12-18-14-7-9-16(10-8-14)19-15-5-3-2-4-6-15/h2-10,13,18H,11-12,17H2,1H3. The molecule has 1 unspecified atom stereocenters. The quantitative estimate of drug-likeness (QED) is 0.829. The molecule has 2 aromatic carbocycles. The molecular formula is C16H20N2O. The number of nitrogens with one attached hydrogen (secondary N) is 1. The normalized spacial score (nSPS) is 11.9. The van der Waals surface area contributed by atoms with E-state index >= 15 is 0 Å². The first kappa shape index (κ1) is 13.4. The minimum atomic E-state index is 0.230. The average molecular weight is 256 g/mol. The number of para-hydroxylation sites is 1. The van der Waals surface area contributed by atoms with Crippen LogP contribution in [-0.4, -0.2) is 12.6 Å². The number of nitrogens with two attached hydrogens (primary N) is 1. The van der Waals surface area contributed by atoms with E-state index in [1.165, 1.54) is 0 Å². The Hall–Kier alpha value is -2.00. The van der Waals surface area contributed by atoms with E-state index in [9.17, 15) is 0 Å². The molecule has 0 aliphatic heterocycles. The maximum absolute atomic E-state index is 5.73. The van der Waals surface area contributed by atoms with Crippen LogP contribution in [0.25, 0.3) is 0 Å². The van der Waals surface area contributed by atoms with Gasteiger partial charge in [0.15, 0.2) is 0 Å². The molecule has 0 saturated heterocycles. The third-order valence-electron chi connectivity index (χ3n) is 2.76. The first-order valence-electron chi connectivity index (χ1n) is 6.56. The summed E-state index contributed by atoms with van der Waals surface area (Å²) in [5.41, 5.74) is 6.79. The van der Waals surface area contributed by atoms with Crippen molar-refractivity contribution in [2.45, 2.75) is 19.4 Å². The van der Waals surface area contributed by atoms with Crippen LogP contribution in [0.5, 0.6) is 11.5 Å². The predicted molar refractivity (Wildman–Crippen MR) is 79.7 cm³/mol. The number of hydrogen-bond acceptors (Lipinski definition) is 3. The highest BCUT2D eigenvalue weighted by molar-refractivity contribution is 5.47. The minimum absolute atomic E-state index is 0.230. The molecule has 0 aliphatic rings. The fourth-order valence-electron chi connectivity index (χ4n) is 1.71. The smallest absolute Gasteiger partial charge is 0.127 e. The van der Waals surface area contributed by atoms with Crippen LogP contribution in [0.3, 0.4) is 0 Å². The third-order valence-corrected chi connectivity index (χ3v) is 2.76. The Morgan fingerprint density at radius 2 is 1.63 bits per heavy atom. The topological polar surface area (TPSA) is 47.3 Å². The summed E-state index contributed by atoms with van der Waals surface area (Å²) in [6, 6.07) is 17.9. The van der Waals surface area contributed by atoms with Gasteiger partial charge in [-0.2, -0.15) is 0 Å². The number of hydrogen-bond donors (Lipinski definition) is 2. The Morgan fingerprint density at radius 1 is 1.00 bits per heavy atom. The second-order valence-electron chi connectivity index (χ2n) is 4.63. The monoisotopic (exact) mass is 256 g/mol. The van der Waals surface area contributed by atoms with Crippen molar-refractivity contribution in [1.29, 1.82) is 0 Å². The Bertz CT molecular complexity index is 480. The summed E-state index contributed by atoms with van der Waals surface area (Å²) in [5.74, 6) is 1.68. The zero-order chi connectivity index (χ0) is 13.5. The highest BCUT2D eigenvalue weighted by Crippen LogP contribution is 2.22. The van der Waals surface area contributed by atoms with Crippen molar-refractivity contribution in [3.63, 3.8) is 0 Å². The van der Waals surface area contributed by atoms with Crippen LogP contribution in [0.2, 0.25) is 0 Å². The first-order valence-corrected chi connectivity index (χ1v) is 6.56. The van der Waals surface area contributed by atoms with E-state index in [0.29, 0.717) is 0 Å². The Balaban J connectivity index is 1.88. The molecule has 1 atom stereocenters. The van der Waals surface area contributed by atoms with Gasteiger partial charge in [-0.3, -0.25) is 0 Å². The van der Waals surface area contributed by atoms with Gasteiger partial charge in [0.1, 0.15) is 11.5 Å². The zero-order valence-corrected chi connectivity index (χ0v) is 11.2. The first-order chi connectivity index (χ1) is 9.24. The lowest BCUT2D eigenvalue weighted by atomic mass is 10.2. The van der Waals surface area contributed by atoms with Crippen LogP contribution in [0.1, 0.15) is 13.3 Å². The Kier molecular flexibility index (Phi) is 4.81. The summed E-state index contributed by atoms with van der Waals surface area (Å²) < 4.78 is 5.73. The molecule has 2 aromatic rings. The highest BCUT2D eigenvalue weighted by Gasteiger charge is 1.98.